The van der Waals surface area contributed by atoms with Gasteiger partial charge in [0.1, 0.15) is 5.82 Å². The third-order valence-corrected chi connectivity index (χ3v) is 6.47. The van der Waals surface area contributed by atoms with Gasteiger partial charge in [-0.05, 0) is 42.8 Å². The average Bonchev–Trinajstić information content (AvgIpc) is 2.93. The van der Waals surface area contributed by atoms with E-state index in [-0.39, 0.29) is 23.1 Å². The Morgan fingerprint density at radius 2 is 0.917 bits per heavy atom. The Hall–Kier alpha value is -3.67. The number of rotatable bonds is 6. The summed E-state index contributed by atoms with van der Waals surface area (Å²) in [6.07, 6.45) is 0. The molecule has 0 radical (unpaired) electrons. The van der Waals surface area contributed by atoms with E-state index < -0.39 is 0 Å². The predicted molar refractivity (Wildman–Crippen MR) is 140 cm³/mol. The highest BCUT2D eigenvalue weighted by molar-refractivity contribution is 5.45. The van der Waals surface area contributed by atoms with Crippen LogP contribution in [0.1, 0.15) is 22.6 Å². The van der Waals surface area contributed by atoms with Gasteiger partial charge < -0.3 is 27.4 Å². The maximum atomic E-state index is 9.73. The molecule has 11 heteroatoms. The number of aromatic hydroxyl groups is 2. The quantitative estimate of drug-likeness (QED) is 0.334. The van der Waals surface area contributed by atoms with Crippen LogP contribution in [0.3, 0.4) is 0 Å². The van der Waals surface area contributed by atoms with Crippen LogP contribution in [-0.4, -0.2) is 79.1 Å². The lowest BCUT2D eigenvalue weighted by molar-refractivity contribution is 0.207. The summed E-state index contributed by atoms with van der Waals surface area (Å²) in [5.74, 6) is 0.822. The molecule has 192 valence electrons. The minimum absolute atomic E-state index is 0.00823. The van der Waals surface area contributed by atoms with Gasteiger partial charge in [-0.2, -0.15) is 0 Å². The number of pyridine rings is 3. The van der Waals surface area contributed by atoms with Gasteiger partial charge in [-0.1, -0.05) is 6.07 Å². The maximum absolute atomic E-state index is 9.73. The first-order valence-corrected chi connectivity index (χ1v) is 12.0. The van der Waals surface area contributed by atoms with Crippen molar-refractivity contribution in [3.05, 3.63) is 59.0 Å². The molecule has 1 aliphatic rings. The number of hydrogen-bond acceptors (Lipinski definition) is 11. The molecule has 8 N–H and O–H groups in total. The zero-order valence-electron chi connectivity index (χ0n) is 20.6. The smallest absolute Gasteiger partial charge is 0.166 e. The van der Waals surface area contributed by atoms with Crippen LogP contribution >= 0.6 is 0 Å². The Balaban J connectivity index is 1.50. The second kappa shape index (κ2) is 11.4. The topological polar surface area (TPSA) is 167 Å². The van der Waals surface area contributed by atoms with E-state index in [1.54, 1.807) is 24.3 Å². The van der Waals surface area contributed by atoms with E-state index in [2.05, 4.69) is 29.7 Å². The highest BCUT2D eigenvalue weighted by Crippen LogP contribution is 2.19. The van der Waals surface area contributed by atoms with Crippen LogP contribution in [0.25, 0.3) is 0 Å². The lowest BCUT2D eigenvalue weighted by atomic mass is 10.2. The molecule has 3 aromatic heterocycles. The molecule has 3 aromatic rings. The summed E-state index contributed by atoms with van der Waals surface area (Å²) < 4.78 is 0. The molecule has 0 bridgehead atoms. The molecule has 36 heavy (non-hydrogen) atoms. The highest BCUT2D eigenvalue weighted by atomic mass is 16.3. The highest BCUT2D eigenvalue weighted by Gasteiger charge is 2.19. The van der Waals surface area contributed by atoms with Crippen molar-refractivity contribution in [1.29, 1.82) is 0 Å². The van der Waals surface area contributed by atoms with E-state index in [1.165, 1.54) is 0 Å². The number of hydrogen-bond donors (Lipinski definition) is 5. The van der Waals surface area contributed by atoms with Gasteiger partial charge >= 0.3 is 0 Å². The molecule has 4 rings (SSSR count). The van der Waals surface area contributed by atoms with Crippen molar-refractivity contribution in [3.8, 4) is 11.5 Å². The van der Waals surface area contributed by atoms with E-state index in [0.717, 1.165) is 61.9 Å². The summed E-state index contributed by atoms with van der Waals surface area (Å²) in [6.45, 7) is 8.89. The molecule has 0 amide bonds. The molecule has 0 aliphatic carbocycles. The van der Waals surface area contributed by atoms with Gasteiger partial charge in [-0.15, -0.1) is 0 Å². The SMILES string of the molecule is Cc1ccc(CN2CCN(Cc3ccc(O)c(N)n3)CCN(Cc3ccc(O)c(N)n3)CC2)nc1N. The fourth-order valence-corrected chi connectivity index (χ4v) is 4.22. The molecule has 0 saturated carbocycles. The number of nitrogen functional groups attached to an aromatic ring is 3. The number of nitrogens with two attached hydrogens (primary N) is 3. The lowest BCUT2D eigenvalue weighted by Gasteiger charge is -2.25. The molecular weight excluding hydrogens is 458 g/mol. The lowest BCUT2D eigenvalue weighted by Crippen LogP contribution is -2.35. The maximum Gasteiger partial charge on any atom is 0.166 e. The largest absolute Gasteiger partial charge is 0.504 e. The summed E-state index contributed by atoms with van der Waals surface area (Å²) in [5, 5.41) is 19.5. The van der Waals surface area contributed by atoms with Crippen LogP contribution in [0.5, 0.6) is 11.5 Å². The summed E-state index contributed by atoms with van der Waals surface area (Å²) in [6, 6.07) is 10.8. The number of aromatic nitrogens is 3. The first-order chi connectivity index (χ1) is 17.3. The molecule has 0 atom stereocenters. The van der Waals surface area contributed by atoms with Crippen LogP contribution in [0.15, 0.2) is 36.4 Å². The second-order valence-corrected chi connectivity index (χ2v) is 9.25. The Morgan fingerprint density at radius 1 is 0.583 bits per heavy atom. The second-order valence-electron chi connectivity index (χ2n) is 9.25. The van der Waals surface area contributed by atoms with Crippen molar-refractivity contribution >= 4 is 17.5 Å². The Labute approximate surface area is 211 Å². The molecule has 0 aromatic carbocycles. The molecular formula is C25H35N9O2. The van der Waals surface area contributed by atoms with Crippen LogP contribution < -0.4 is 17.2 Å². The molecule has 0 unspecified atom stereocenters. The van der Waals surface area contributed by atoms with Gasteiger partial charge in [0, 0.05) is 58.9 Å². The Bertz CT molecular complexity index is 1030. The van der Waals surface area contributed by atoms with Crippen LogP contribution in [0, 0.1) is 6.92 Å². The summed E-state index contributed by atoms with van der Waals surface area (Å²) >= 11 is 0. The van der Waals surface area contributed by atoms with E-state index in [0.29, 0.717) is 25.5 Å². The molecule has 1 aliphatic heterocycles. The van der Waals surface area contributed by atoms with Crippen molar-refractivity contribution in [2.75, 3.05) is 56.5 Å². The van der Waals surface area contributed by atoms with Gasteiger partial charge in [0.05, 0.1) is 17.1 Å². The number of anilines is 3. The van der Waals surface area contributed by atoms with E-state index >= 15 is 0 Å². The van der Waals surface area contributed by atoms with Crippen LogP contribution in [-0.2, 0) is 19.6 Å². The van der Waals surface area contributed by atoms with Crippen molar-refractivity contribution in [2.24, 2.45) is 0 Å². The minimum Gasteiger partial charge on any atom is -0.504 e. The summed E-state index contributed by atoms with van der Waals surface area (Å²) in [5.41, 5.74) is 21.2. The van der Waals surface area contributed by atoms with E-state index in [4.69, 9.17) is 17.2 Å². The van der Waals surface area contributed by atoms with Crippen LogP contribution in [0.2, 0.25) is 0 Å². The third kappa shape index (κ3) is 6.72. The van der Waals surface area contributed by atoms with Gasteiger partial charge in [0.15, 0.2) is 23.1 Å². The zero-order chi connectivity index (χ0) is 25.7. The standard InChI is InChI=1S/C25H35N9O2/c1-17-2-3-18(29-23(17)26)14-32-8-10-33(15-19-4-6-21(35)24(27)30-19)12-13-34(11-9-32)16-20-5-7-22(36)25(28)31-20/h2-7,35-36H,8-16H2,1H3,(H2,26,29)(H2,27,30)(H2,28,31). The van der Waals surface area contributed by atoms with E-state index in [1.807, 2.05) is 19.1 Å². The first-order valence-electron chi connectivity index (χ1n) is 12.0. The van der Waals surface area contributed by atoms with Gasteiger partial charge in [0.25, 0.3) is 0 Å². The van der Waals surface area contributed by atoms with E-state index in [9.17, 15) is 10.2 Å². The van der Waals surface area contributed by atoms with Gasteiger partial charge in [0.2, 0.25) is 0 Å². The first kappa shape index (κ1) is 25.4. The Kier molecular flexibility index (Phi) is 8.04. The summed E-state index contributed by atoms with van der Waals surface area (Å²) in [4.78, 5) is 20.3. The Morgan fingerprint density at radius 3 is 1.25 bits per heavy atom. The normalized spacial score (nSPS) is 16.4. The molecule has 1 saturated heterocycles. The fraction of sp³-hybridized carbons (Fsp3) is 0.400. The third-order valence-electron chi connectivity index (χ3n) is 6.47. The van der Waals surface area contributed by atoms with Crippen molar-refractivity contribution in [3.63, 3.8) is 0 Å². The summed E-state index contributed by atoms with van der Waals surface area (Å²) in [7, 11) is 0. The van der Waals surface area contributed by atoms with Gasteiger partial charge in [-0.3, -0.25) is 14.7 Å². The molecule has 1 fully saturated rings. The minimum atomic E-state index is -0.00823. The monoisotopic (exact) mass is 493 g/mol. The van der Waals surface area contributed by atoms with Crippen LogP contribution in [0.4, 0.5) is 17.5 Å². The van der Waals surface area contributed by atoms with Crippen molar-refractivity contribution < 1.29 is 10.2 Å². The van der Waals surface area contributed by atoms with Crippen molar-refractivity contribution in [2.45, 2.75) is 26.6 Å². The number of aryl methyl sites for hydroxylation is 1. The molecule has 0 spiro atoms. The fourth-order valence-electron chi connectivity index (χ4n) is 4.22. The average molecular weight is 494 g/mol. The zero-order valence-corrected chi connectivity index (χ0v) is 20.6. The van der Waals surface area contributed by atoms with Crippen molar-refractivity contribution in [1.82, 2.24) is 29.7 Å². The number of nitrogens with zero attached hydrogens (tertiary/aromatic N) is 6. The predicted octanol–water partition coefficient (Wildman–Crippen LogP) is 1.16. The molecule has 4 heterocycles. The molecule has 11 nitrogen and oxygen atoms in total. The van der Waals surface area contributed by atoms with Gasteiger partial charge in [-0.25, -0.2) is 15.0 Å².